The molecule has 2 aromatic rings. The fraction of sp³-hybridized carbons (Fsp3) is 0.400. The fourth-order valence-corrected chi connectivity index (χ4v) is 2.95. The monoisotopic (exact) mass is 348 g/mol. The average Bonchev–Trinajstić information content (AvgIpc) is 3.04. The molecule has 1 aliphatic rings. The second kappa shape index (κ2) is 5.60. The molecule has 3 rings (SSSR count). The quantitative estimate of drug-likeness (QED) is 0.927. The molecule has 2 heterocycles. The Kier molecular flexibility index (Phi) is 3.80. The molecule has 1 amide bonds. The molecular weight excluding hydrogens is 332 g/mol. The second-order valence-electron chi connectivity index (χ2n) is 5.39. The number of fused-ring (bicyclic) bond motifs is 1. The number of nitrogens with one attached hydrogen (secondary N) is 1. The number of hydrogen-bond acceptors (Lipinski definition) is 3. The first kappa shape index (κ1) is 14.3. The Balaban J connectivity index is 1.76. The summed E-state index contributed by atoms with van der Waals surface area (Å²) in [6, 6.07) is 5.44. The van der Waals surface area contributed by atoms with Crippen molar-refractivity contribution in [2.45, 2.75) is 39.3 Å². The number of carbonyl (C=O) groups is 1. The van der Waals surface area contributed by atoms with Gasteiger partial charge >= 0.3 is 0 Å². The molecule has 5 nitrogen and oxygen atoms in total. The normalized spacial score (nSPS) is 14.8. The van der Waals surface area contributed by atoms with Crippen LogP contribution in [0.4, 0.5) is 0 Å². The van der Waals surface area contributed by atoms with Gasteiger partial charge in [-0.2, -0.15) is 0 Å². The first-order valence-corrected chi connectivity index (χ1v) is 7.84. The van der Waals surface area contributed by atoms with Gasteiger partial charge in [0.05, 0.1) is 6.04 Å². The molecule has 0 fully saturated rings. The standard InChI is InChI=1S/C15H17BrN4O/c1-9-5-6-11(8-12(9)16)15(21)17-10(2)14-19-18-13-4-3-7-20(13)14/h5-6,8,10H,3-4,7H2,1-2H3,(H,17,21). The Morgan fingerprint density at radius 2 is 2.24 bits per heavy atom. The number of rotatable bonds is 3. The largest absolute Gasteiger partial charge is 0.342 e. The van der Waals surface area contributed by atoms with Crippen LogP contribution in [-0.2, 0) is 13.0 Å². The first-order valence-electron chi connectivity index (χ1n) is 7.05. The topological polar surface area (TPSA) is 59.8 Å². The van der Waals surface area contributed by atoms with Crippen LogP contribution in [-0.4, -0.2) is 20.7 Å². The zero-order chi connectivity index (χ0) is 15.0. The Labute approximate surface area is 131 Å². The van der Waals surface area contributed by atoms with E-state index in [9.17, 15) is 4.79 Å². The van der Waals surface area contributed by atoms with Gasteiger partial charge in [-0.3, -0.25) is 4.79 Å². The molecule has 1 aromatic heterocycles. The Morgan fingerprint density at radius 3 is 3.00 bits per heavy atom. The number of nitrogens with zero attached hydrogens (tertiary/aromatic N) is 3. The summed E-state index contributed by atoms with van der Waals surface area (Å²) >= 11 is 3.45. The predicted octanol–water partition coefficient (Wildman–Crippen LogP) is 2.79. The summed E-state index contributed by atoms with van der Waals surface area (Å²) in [6.07, 6.45) is 2.07. The molecule has 0 saturated carbocycles. The van der Waals surface area contributed by atoms with E-state index in [0.717, 1.165) is 41.1 Å². The second-order valence-corrected chi connectivity index (χ2v) is 6.24. The van der Waals surface area contributed by atoms with E-state index < -0.39 is 0 Å². The Morgan fingerprint density at radius 1 is 1.43 bits per heavy atom. The molecule has 6 heteroatoms. The third-order valence-electron chi connectivity index (χ3n) is 3.81. The maximum atomic E-state index is 12.3. The highest BCUT2D eigenvalue weighted by atomic mass is 79.9. The van der Waals surface area contributed by atoms with Crippen LogP contribution in [0.3, 0.4) is 0 Å². The van der Waals surface area contributed by atoms with Gasteiger partial charge in [-0.1, -0.05) is 22.0 Å². The van der Waals surface area contributed by atoms with E-state index in [4.69, 9.17) is 0 Å². The van der Waals surface area contributed by atoms with Crippen molar-refractivity contribution in [2.75, 3.05) is 0 Å². The summed E-state index contributed by atoms with van der Waals surface area (Å²) in [5.74, 6) is 1.75. The molecule has 0 radical (unpaired) electrons. The summed E-state index contributed by atoms with van der Waals surface area (Å²) in [5.41, 5.74) is 1.75. The minimum Gasteiger partial charge on any atom is -0.342 e. The van der Waals surface area contributed by atoms with Gasteiger partial charge in [0.15, 0.2) is 5.82 Å². The van der Waals surface area contributed by atoms with Crippen molar-refractivity contribution in [1.82, 2.24) is 20.1 Å². The average molecular weight is 349 g/mol. The van der Waals surface area contributed by atoms with Gasteiger partial charge in [0, 0.05) is 23.0 Å². The number of carbonyl (C=O) groups excluding carboxylic acids is 1. The summed E-state index contributed by atoms with van der Waals surface area (Å²) in [4.78, 5) is 12.3. The molecule has 0 bridgehead atoms. The zero-order valence-corrected chi connectivity index (χ0v) is 13.6. The summed E-state index contributed by atoms with van der Waals surface area (Å²) < 4.78 is 3.04. The van der Waals surface area contributed by atoms with Crippen molar-refractivity contribution in [3.05, 3.63) is 45.4 Å². The molecule has 1 atom stereocenters. The van der Waals surface area contributed by atoms with Gasteiger partial charge in [0.1, 0.15) is 5.82 Å². The minimum atomic E-state index is -0.156. The first-order chi connectivity index (χ1) is 10.1. The lowest BCUT2D eigenvalue weighted by Gasteiger charge is -2.14. The number of aromatic nitrogens is 3. The molecule has 0 saturated heterocycles. The Hall–Kier alpha value is -1.69. The van der Waals surface area contributed by atoms with Crippen LogP contribution in [0.5, 0.6) is 0 Å². The van der Waals surface area contributed by atoms with E-state index in [1.165, 1.54) is 0 Å². The molecule has 0 spiro atoms. The maximum absolute atomic E-state index is 12.3. The van der Waals surface area contributed by atoms with Crippen molar-refractivity contribution < 1.29 is 4.79 Å². The lowest BCUT2D eigenvalue weighted by Crippen LogP contribution is -2.28. The third kappa shape index (κ3) is 2.72. The third-order valence-corrected chi connectivity index (χ3v) is 4.66. The van der Waals surface area contributed by atoms with Crippen LogP contribution in [0.2, 0.25) is 0 Å². The number of hydrogen-bond donors (Lipinski definition) is 1. The van der Waals surface area contributed by atoms with Crippen LogP contribution in [0.1, 0.15) is 47.0 Å². The van der Waals surface area contributed by atoms with E-state index in [1.54, 1.807) is 0 Å². The van der Waals surface area contributed by atoms with Gasteiger partial charge in [0.2, 0.25) is 0 Å². The summed E-state index contributed by atoms with van der Waals surface area (Å²) in [6.45, 7) is 4.87. The van der Waals surface area contributed by atoms with Crippen LogP contribution < -0.4 is 5.32 Å². The summed E-state index contributed by atoms with van der Waals surface area (Å²) in [7, 11) is 0. The van der Waals surface area contributed by atoms with E-state index >= 15 is 0 Å². The SMILES string of the molecule is Cc1ccc(C(=O)NC(C)c2nnc3n2CCC3)cc1Br. The van der Waals surface area contributed by atoms with Crippen molar-refractivity contribution in [1.29, 1.82) is 0 Å². The molecule has 21 heavy (non-hydrogen) atoms. The molecular formula is C15H17BrN4O. The van der Waals surface area contributed by atoms with E-state index in [-0.39, 0.29) is 11.9 Å². The highest BCUT2D eigenvalue weighted by molar-refractivity contribution is 9.10. The van der Waals surface area contributed by atoms with Crippen LogP contribution >= 0.6 is 15.9 Å². The zero-order valence-electron chi connectivity index (χ0n) is 12.1. The molecule has 0 aliphatic carbocycles. The van der Waals surface area contributed by atoms with Crippen molar-refractivity contribution in [2.24, 2.45) is 0 Å². The van der Waals surface area contributed by atoms with Crippen LogP contribution in [0.25, 0.3) is 0 Å². The number of benzene rings is 1. The molecule has 110 valence electrons. The Bertz CT molecular complexity index is 695. The van der Waals surface area contributed by atoms with Crippen LogP contribution in [0.15, 0.2) is 22.7 Å². The highest BCUT2D eigenvalue weighted by Crippen LogP contribution is 2.20. The predicted molar refractivity (Wildman–Crippen MR) is 83.1 cm³/mol. The lowest BCUT2D eigenvalue weighted by molar-refractivity contribution is 0.0937. The van der Waals surface area contributed by atoms with E-state index in [2.05, 4.69) is 36.0 Å². The fourth-order valence-electron chi connectivity index (χ4n) is 2.57. The molecule has 1 aliphatic heterocycles. The minimum absolute atomic E-state index is 0.0986. The number of aryl methyl sites for hydroxylation is 2. The number of amides is 1. The van der Waals surface area contributed by atoms with Crippen molar-refractivity contribution >= 4 is 21.8 Å². The lowest BCUT2D eigenvalue weighted by atomic mass is 10.1. The smallest absolute Gasteiger partial charge is 0.251 e. The van der Waals surface area contributed by atoms with Crippen molar-refractivity contribution in [3.8, 4) is 0 Å². The number of halogens is 1. The van der Waals surface area contributed by atoms with Gasteiger partial charge in [-0.05, 0) is 38.0 Å². The highest BCUT2D eigenvalue weighted by Gasteiger charge is 2.22. The summed E-state index contributed by atoms with van der Waals surface area (Å²) in [5, 5.41) is 11.4. The van der Waals surface area contributed by atoms with Gasteiger partial charge in [-0.25, -0.2) is 0 Å². The van der Waals surface area contributed by atoms with Gasteiger partial charge in [0.25, 0.3) is 5.91 Å². The van der Waals surface area contributed by atoms with Crippen LogP contribution in [0, 0.1) is 6.92 Å². The van der Waals surface area contributed by atoms with Crippen molar-refractivity contribution in [3.63, 3.8) is 0 Å². The molecule has 1 unspecified atom stereocenters. The molecule has 1 aromatic carbocycles. The van der Waals surface area contributed by atoms with Gasteiger partial charge in [-0.15, -0.1) is 10.2 Å². The van der Waals surface area contributed by atoms with E-state index in [1.807, 2.05) is 32.0 Å². The maximum Gasteiger partial charge on any atom is 0.251 e. The van der Waals surface area contributed by atoms with E-state index in [0.29, 0.717) is 5.56 Å². The molecule has 1 N–H and O–H groups in total. The van der Waals surface area contributed by atoms with Gasteiger partial charge < -0.3 is 9.88 Å².